The molecule has 4 heterocycles. The number of hydrogen-bond acceptors (Lipinski definition) is 6. The number of methoxy groups -OCH3 is 1. The van der Waals surface area contributed by atoms with Crippen LogP contribution in [-0.2, 0) is 20.7 Å². The average Bonchev–Trinajstić information content (AvgIpc) is 3.61. The molecule has 10 heteroatoms. The molecule has 0 saturated carbocycles. The Morgan fingerprint density at radius 1 is 1.12 bits per heavy atom. The van der Waals surface area contributed by atoms with E-state index >= 15 is 0 Å². The van der Waals surface area contributed by atoms with E-state index in [0.29, 0.717) is 32.0 Å². The average molecular weight is 555 g/mol. The minimum Gasteiger partial charge on any atom is -0.488 e. The van der Waals surface area contributed by atoms with E-state index in [9.17, 15) is 9.90 Å². The Morgan fingerprint density at radius 2 is 1.90 bits per heavy atom. The van der Waals surface area contributed by atoms with Gasteiger partial charge in [-0.1, -0.05) is 24.3 Å². The summed E-state index contributed by atoms with van der Waals surface area (Å²) in [5.74, 6) is 1.60. The van der Waals surface area contributed by atoms with Gasteiger partial charge < -0.3 is 28.9 Å². The van der Waals surface area contributed by atoms with Crippen molar-refractivity contribution >= 4 is 40.5 Å². The molecule has 1 aromatic heterocycles. The monoisotopic (exact) mass is 555 g/mol. The van der Waals surface area contributed by atoms with Crippen LogP contribution < -0.4 is 10.2 Å². The highest BCUT2D eigenvalue weighted by molar-refractivity contribution is 6.62. The molecule has 2 unspecified atom stereocenters. The third-order valence-electron chi connectivity index (χ3n) is 9.27. The maximum absolute atomic E-state index is 12.0. The van der Waals surface area contributed by atoms with Gasteiger partial charge >= 0.3 is 13.2 Å². The van der Waals surface area contributed by atoms with Crippen molar-refractivity contribution in [2.45, 2.75) is 58.0 Å². The molecule has 1 amide bonds. The Bertz CT molecular complexity index is 1680. The molecule has 0 bridgehead atoms. The van der Waals surface area contributed by atoms with Crippen LogP contribution in [0.25, 0.3) is 32.9 Å². The van der Waals surface area contributed by atoms with Crippen LogP contribution >= 0.6 is 0 Å². The van der Waals surface area contributed by atoms with Gasteiger partial charge in [0.25, 0.3) is 0 Å². The molecule has 2 saturated heterocycles. The Labute approximate surface area is 238 Å². The highest BCUT2D eigenvalue weighted by atomic mass is 16.7. The summed E-state index contributed by atoms with van der Waals surface area (Å²) in [4.78, 5) is 21.8. The Morgan fingerprint density at radius 3 is 2.63 bits per heavy atom. The summed E-state index contributed by atoms with van der Waals surface area (Å²) in [6.07, 6.45) is -0.275. The maximum Gasteiger partial charge on any atom is 0.494 e. The third-order valence-corrected chi connectivity index (χ3v) is 9.27. The zero-order chi connectivity index (χ0) is 28.7. The van der Waals surface area contributed by atoms with Crippen molar-refractivity contribution in [2.75, 3.05) is 20.3 Å². The lowest BCUT2D eigenvalue weighted by Gasteiger charge is -2.32. The molecule has 7 rings (SSSR count). The quantitative estimate of drug-likeness (QED) is 0.331. The number of nitrogens with one attached hydrogen (secondary N) is 1. The predicted octanol–water partition coefficient (Wildman–Crippen LogP) is 5.26. The molecule has 0 aliphatic carbocycles. The van der Waals surface area contributed by atoms with E-state index in [-0.39, 0.29) is 12.0 Å². The summed E-state index contributed by atoms with van der Waals surface area (Å²) < 4.78 is 24.1. The molecule has 3 aromatic carbocycles. The standard InChI is InChI=1S/C31H34BN3O6/c1-30(2)31(3,4)41-32(40-30)20-7-8-21-19(11-20)16-39-26-13-22-18(12-23(21)26)6-9-24-27(22)34-28(33-24)25-10-17(15-38-5)14-35(25)29(36)37/h6-9,11-13,17,25H,10,14-16H2,1-5H3,(H,33,34)(H,36,37). The van der Waals surface area contributed by atoms with Crippen LogP contribution in [0, 0.1) is 5.92 Å². The van der Waals surface area contributed by atoms with Crippen LogP contribution in [0.1, 0.15) is 51.5 Å². The summed E-state index contributed by atoms with van der Waals surface area (Å²) in [6.45, 7) is 9.63. The number of aromatic nitrogens is 2. The highest BCUT2D eigenvalue weighted by Crippen LogP contribution is 2.43. The van der Waals surface area contributed by atoms with E-state index in [0.717, 1.165) is 49.7 Å². The van der Waals surface area contributed by atoms with Gasteiger partial charge in [0.2, 0.25) is 0 Å². The van der Waals surface area contributed by atoms with Crippen LogP contribution in [0.2, 0.25) is 0 Å². The lowest BCUT2D eigenvalue weighted by atomic mass is 9.77. The molecule has 4 aromatic rings. The smallest absolute Gasteiger partial charge is 0.488 e. The van der Waals surface area contributed by atoms with Crippen LogP contribution in [-0.4, -0.2) is 64.6 Å². The van der Waals surface area contributed by atoms with E-state index < -0.39 is 24.4 Å². The van der Waals surface area contributed by atoms with Gasteiger partial charge in [0.15, 0.2) is 0 Å². The molecule has 0 radical (unpaired) electrons. The van der Waals surface area contributed by atoms with Gasteiger partial charge in [0, 0.05) is 30.5 Å². The number of carbonyl (C=O) groups is 1. The highest BCUT2D eigenvalue weighted by Gasteiger charge is 2.51. The summed E-state index contributed by atoms with van der Waals surface area (Å²) in [6, 6.07) is 14.3. The van der Waals surface area contributed by atoms with Crippen molar-refractivity contribution < 1.29 is 28.7 Å². The molecule has 9 nitrogen and oxygen atoms in total. The maximum atomic E-state index is 12.0. The molecule has 2 fully saturated rings. The SMILES string of the molecule is COCC1CC(c2nc3c(ccc4cc5c(cc43)OCc3cc(B4OC(C)(C)C(C)(C)O4)ccc3-5)[nH]2)N(C(=O)O)C1. The fourth-order valence-electron chi connectivity index (χ4n) is 6.36. The van der Waals surface area contributed by atoms with Gasteiger partial charge in [-0.25, -0.2) is 9.78 Å². The number of rotatable bonds is 4. The molecule has 0 spiro atoms. The molecule has 2 N–H and O–H groups in total. The molecule has 212 valence electrons. The fraction of sp³-hybridized carbons (Fsp3) is 0.419. The van der Waals surface area contributed by atoms with Crippen LogP contribution in [0.3, 0.4) is 0 Å². The van der Waals surface area contributed by atoms with Gasteiger partial charge in [-0.05, 0) is 74.3 Å². The van der Waals surface area contributed by atoms with E-state index in [1.165, 1.54) is 4.90 Å². The van der Waals surface area contributed by atoms with Crippen LogP contribution in [0.4, 0.5) is 4.79 Å². The third kappa shape index (κ3) is 4.19. The van der Waals surface area contributed by atoms with Crippen molar-refractivity contribution in [1.29, 1.82) is 0 Å². The fourth-order valence-corrected chi connectivity index (χ4v) is 6.36. The number of hydrogen-bond donors (Lipinski definition) is 2. The number of likely N-dealkylation sites (tertiary alicyclic amines) is 1. The van der Waals surface area contributed by atoms with Crippen molar-refractivity contribution in [3.63, 3.8) is 0 Å². The second-order valence-corrected chi connectivity index (χ2v) is 12.5. The van der Waals surface area contributed by atoms with Crippen molar-refractivity contribution in [2.24, 2.45) is 5.92 Å². The lowest BCUT2D eigenvalue weighted by Crippen LogP contribution is -2.41. The van der Waals surface area contributed by atoms with Crippen LogP contribution in [0.5, 0.6) is 5.75 Å². The second kappa shape index (κ2) is 9.21. The van der Waals surface area contributed by atoms with Gasteiger partial charge in [-0.15, -0.1) is 0 Å². The van der Waals surface area contributed by atoms with E-state index in [2.05, 4.69) is 69.1 Å². The number of aromatic amines is 1. The molecule has 2 atom stereocenters. The van der Waals surface area contributed by atoms with Crippen molar-refractivity contribution in [3.05, 3.63) is 53.9 Å². The molecule has 3 aliphatic heterocycles. The second-order valence-electron chi connectivity index (χ2n) is 12.5. The number of benzene rings is 3. The van der Waals surface area contributed by atoms with Gasteiger partial charge in [-0.2, -0.15) is 0 Å². The number of amides is 1. The Balaban J connectivity index is 1.24. The number of ether oxygens (including phenoxy) is 2. The number of nitrogens with zero attached hydrogens (tertiary/aromatic N) is 2. The largest absolute Gasteiger partial charge is 0.494 e. The molecular formula is C31H34BN3O6. The van der Waals surface area contributed by atoms with Crippen LogP contribution in [0.15, 0.2) is 42.5 Å². The first-order chi connectivity index (χ1) is 19.5. The number of H-pyrrole nitrogens is 1. The van der Waals surface area contributed by atoms with Crippen molar-refractivity contribution in [3.8, 4) is 16.9 Å². The number of carboxylic acid groups (broad SMARTS) is 1. The minimum absolute atomic E-state index is 0.136. The van der Waals surface area contributed by atoms with Gasteiger partial charge in [0.1, 0.15) is 18.2 Å². The van der Waals surface area contributed by atoms with E-state index in [1.807, 2.05) is 6.07 Å². The Kier molecular flexibility index (Phi) is 5.91. The minimum atomic E-state index is -0.943. The van der Waals surface area contributed by atoms with E-state index in [4.69, 9.17) is 23.8 Å². The summed E-state index contributed by atoms with van der Waals surface area (Å²) in [5, 5.41) is 11.8. The summed E-state index contributed by atoms with van der Waals surface area (Å²) in [5.41, 5.74) is 5.12. The summed E-state index contributed by atoms with van der Waals surface area (Å²) in [7, 11) is 1.22. The number of imidazole rings is 1. The number of fused-ring (bicyclic) bond motifs is 6. The van der Waals surface area contributed by atoms with Gasteiger partial charge in [0.05, 0.1) is 34.9 Å². The zero-order valence-corrected chi connectivity index (χ0v) is 24.0. The van der Waals surface area contributed by atoms with Gasteiger partial charge in [-0.3, -0.25) is 4.90 Å². The molecule has 3 aliphatic rings. The first kappa shape index (κ1) is 26.3. The molecular weight excluding hydrogens is 521 g/mol. The first-order valence-electron chi connectivity index (χ1n) is 14.1. The normalized spacial score (nSPS) is 22.7. The Hall–Kier alpha value is -3.60. The summed E-state index contributed by atoms with van der Waals surface area (Å²) >= 11 is 0. The predicted molar refractivity (Wildman–Crippen MR) is 157 cm³/mol. The lowest BCUT2D eigenvalue weighted by molar-refractivity contribution is 0.00578. The topological polar surface area (TPSA) is 106 Å². The first-order valence-corrected chi connectivity index (χ1v) is 14.1. The molecule has 41 heavy (non-hydrogen) atoms. The van der Waals surface area contributed by atoms with Crippen molar-refractivity contribution in [1.82, 2.24) is 14.9 Å². The van der Waals surface area contributed by atoms with E-state index in [1.54, 1.807) is 7.11 Å². The zero-order valence-electron chi connectivity index (χ0n) is 24.0.